The van der Waals surface area contributed by atoms with Crippen LogP contribution in [0.25, 0.3) is 11.4 Å². The Hall–Kier alpha value is -1.69. The number of hydrogen-bond acceptors (Lipinski definition) is 4. The number of aromatic nitrogens is 5. The molecule has 0 radical (unpaired) electrons. The number of aryl methyl sites for hydroxylation is 1. The molecule has 0 aliphatic carbocycles. The van der Waals surface area contributed by atoms with E-state index in [1.807, 2.05) is 13.1 Å². The molecule has 0 saturated heterocycles. The third kappa shape index (κ3) is 1.96. The third-order valence-electron chi connectivity index (χ3n) is 3.66. The number of nitrogens with one attached hydrogen (secondary N) is 2. The monoisotopic (exact) mass is 260 g/mol. The molecule has 2 N–H and O–H groups in total. The average molecular weight is 260 g/mol. The summed E-state index contributed by atoms with van der Waals surface area (Å²) in [6.45, 7) is 10.5. The van der Waals surface area contributed by atoms with Gasteiger partial charge in [0.2, 0.25) is 0 Å². The maximum atomic E-state index is 4.41. The average Bonchev–Trinajstić information content (AvgIpc) is 2.92. The standard InChI is InChI=1S/C13H20N6/c1-8-9(7-15-16-8)11-17-18-12-10(13(2,3)4)14-5-6-19(11)12/h7,10,14H,5-6H2,1-4H3,(H,15,16). The van der Waals surface area contributed by atoms with Gasteiger partial charge in [-0.2, -0.15) is 5.10 Å². The topological polar surface area (TPSA) is 71.4 Å². The van der Waals surface area contributed by atoms with E-state index in [1.165, 1.54) is 0 Å². The Morgan fingerprint density at radius 3 is 2.74 bits per heavy atom. The van der Waals surface area contributed by atoms with Gasteiger partial charge >= 0.3 is 0 Å². The molecular formula is C13H20N6. The summed E-state index contributed by atoms with van der Waals surface area (Å²) >= 11 is 0. The molecule has 1 aliphatic heterocycles. The fourth-order valence-corrected chi connectivity index (χ4v) is 2.63. The molecule has 3 rings (SSSR count). The lowest BCUT2D eigenvalue weighted by Crippen LogP contribution is -2.40. The van der Waals surface area contributed by atoms with Gasteiger partial charge in [0.1, 0.15) is 0 Å². The molecule has 0 saturated carbocycles. The number of fused-ring (bicyclic) bond motifs is 1. The Bertz CT molecular complexity index is 589. The molecule has 0 aromatic carbocycles. The van der Waals surface area contributed by atoms with Crippen LogP contribution in [0.4, 0.5) is 0 Å². The van der Waals surface area contributed by atoms with Crippen molar-refractivity contribution in [2.75, 3.05) is 6.54 Å². The molecule has 3 heterocycles. The van der Waals surface area contributed by atoms with Crippen molar-refractivity contribution in [3.05, 3.63) is 17.7 Å². The fraction of sp³-hybridized carbons (Fsp3) is 0.615. The number of nitrogens with zero attached hydrogens (tertiary/aromatic N) is 4. The Kier molecular flexibility index (Phi) is 2.70. The number of hydrogen-bond donors (Lipinski definition) is 2. The van der Waals surface area contributed by atoms with E-state index in [1.54, 1.807) is 0 Å². The van der Waals surface area contributed by atoms with Gasteiger partial charge in [-0.05, 0) is 12.3 Å². The van der Waals surface area contributed by atoms with Crippen molar-refractivity contribution in [3.63, 3.8) is 0 Å². The predicted molar refractivity (Wildman–Crippen MR) is 72.5 cm³/mol. The molecule has 0 fully saturated rings. The highest BCUT2D eigenvalue weighted by atomic mass is 15.3. The highest BCUT2D eigenvalue weighted by molar-refractivity contribution is 5.57. The molecule has 2 aromatic heterocycles. The van der Waals surface area contributed by atoms with Gasteiger partial charge in [0.25, 0.3) is 0 Å². The van der Waals surface area contributed by atoms with Crippen LogP contribution < -0.4 is 5.32 Å². The minimum Gasteiger partial charge on any atom is -0.308 e. The SMILES string of the molecule is Cc1[nH]ncc1-c1nnc2n1CCNC2C(C)(C)C. The van der Waals surface area contributed by atoms with Gasteiger partial charge in [-0.1, -0.05) is 20.8 Å². The second kappa shape index (κ2) is 4.16. The van der Waals surface area contributed by atoms with Crippen LogP contribution in [0.15, 0.2) is 6.20 Å². The maximum absolute atomic E-state index is 4.41. The van der Waals surface area contributed by atoms with Crippen molar-refractivity contribution < 1.29 is 0 Å². The molecule has 6 nitrogen and oxygen atoms in total. The second-order valence-corrected chi connectivity index (χ2v) is 6.20. The van der Waals surface area contributed by atoms with Gasteiger partial charge < -0.3 is 9.88 Å². The fourth-order valence-electron chi connectivity index (χ4n) is 2.63. The summed E-state index contributed by atoms with van der Waals surface area (Å²) in [7, 11) is 0. The first kappa shape index (κ1) is 12.3. The second-order valence-electron chi connectivity index (χ2n) is 6.20. The molecule has 102 valence electrons. The van der Waals surface area contributed by atoms with Crippen molar-refractivity contribution in [1.29, 1.82) is 0 Å². The molecule has 1 unspecified atom stereocenters. The van der Waals surface area contributed by atoms with Crippen LogP contribution in [-0.4, -0.2) is 31.5 Å². The van der Waals surface area contributed by atoms with E-state index in [2.05, 4.69) is 51.0 Å². The first-order valence-electron chi connectivity index (χ1n) is 6.65. The smallest absolute Gasteiger partial charge is 0.167 e. The van der Waals surface area contributed by atoms with Crippen molar-refractivity contribution in [2.24, 2.45) is 5.41 Å². The Morgan fingerprint density at radius 2 is 2.11 bits per heavy atom. The van der Waals surface area contributed by atoms with Crippen molar-refractivity contribution in [2.45, 2.75) is 40.3 Å². The van der Waals surface area contributed by atoms with Crippen LogP contribution in [0.5, 0.6) is 0 Å². The Morgan fingerprint density at radius 1 is 1.32 bits per heavy atom. The van der Waals surface area contributed by atoms with Gasteiger partial charge in [-0.25, -0.2) is 0 Å². The van der Waals surface area contributed by atoms with Gasteiger partial charge in [0.15, 0.2) is 11.6 Å². The highest BCUT2D eigenvalue weighted by Crippen LogP contribution is 2.35. The zero-order valence-electron chi connectivity index (χ0n) is 11.9. The van der Waals surface area contributed by atoms with Crippen LogP contribution in [0.3, 0.4) is 0 Å². The summed E-state index contributed by atoms with van der Waals surface area (Å²) in [5, 5.41) is 19.4. The molecule has 0 amide bonds. The molecule has 6 heteroatoms. The number of aromatic amines is 1. The van der Waals surface area contributed by atoms with Gasteiger partial charge in [-0.15, -0.1) is 10.2 Å². The largest absolute Gasteiger partial charge is 0.308 e. The normalized spacial score (nSPS) is 19.5. The lowest BCUT2D eigenvalue weighted by atomic mass is 9.85. The number of rotatable bonds is 1. The van der Waals surface area contributed by atoms with Crippen molar-refractivity contribution >= 4 is 0 Å². The summed E-state index contributed by atoms with van der Waals surface area (Å²) in [6.07, 6.45) is 1.82. The minimum atomic E-state index is 0.119. The molecule has 2 aromatic rings. The molecule has 1 atom stereocenters. The highest BCUT2D eigenvalue weighted by Gasteiger charge is 2.34. The summed E-state index contributed by atoms with van der Waals surface area (Å²) in [5.74, 6) is 1.94. The van der Waals surface area contributed by atoms with E-state index >= 15 is 0 Å². The predicted octanol–water partition coefficient (Wildman–Crippen LogP) is 1.67. The molecule has 19 heavy (non-hydrogen) atoms. The van der Waals surface area contributed by atoms with Gasteiger partial charge in [0, 0.05) is 18.8 Å². The molecule has 0 bridgehead atoms. The van der Waals surface area contributed by atoms with Crippen LogP contribution in [0.1, 0.15) is 38.3 Å². The summed E-state index contributed by atoms with van der Waals surface area (Å²) in [4.78, 5) is 0. The maximum Gasteiger partial charge on any atom is 0.167 e. The van der Waals surface area contributed by atoms with Crippen LogP contribution >= 0.6 is 0 Å². The van der Waals surface area contributed by atoms with Crippen LogP contribution in [0, 0.1) is 12.3 Å². The summed E-state index contributed by atoms with van der Waals surface area (Å²) in [6, 6.07) is 0.231. The van der Waals surface area contributed by atoms with E-state index in [-0.39, 0.29) is 11.5 Å². The first-order chi connectivity index (χ1) is 8.98. The zero-order valence-corrected chi connectivity index (χ0v) is 11.9. The summed E-state index contributed by atoms with van der Waals surface area (Å²) in [5.41, 5.74) is 2.18. The molecule has 0 spiro atoms. The lowest BCUT2D eigenvalue weighted by Gasteiger charge is -2.34. The molecule has 1 aliphatic rings. The van der Waals surface area contributed by atoms with Crippen molar-refractivity contribution in [3.8, 4) is 11.4 Å². The number of H-pyrrole nitrogens is 1. The Balaban J connectivity index is 2.09. The zero-order chi connectivity index (χ0) is 13.6. The van der Waals surface area contributed by atoms with Gasteiger partial charge in [-0.3, -0.25) is 5.10 Å². The van der Waals surface area contributed by atoms with E-state index in [4.69, 9.17) is 0 Å². The summed E-state index contributed by atoms with van der Waals surface area (Å²) < 4.78 is 2.21. The van der Waals surface area contributed by atoms with Crippen molar-refractivity contribution in [1.82, 2.24) is 30.3 Å². The first-order valence-corrected chi connectivity index (χ1v) is 6.65. The third-order valence-corrected chi connectivity index (χ3v) is 3.66. The van der Waals surface area contributed by atoms with E-state index in [9.17, 15) is 0 Å². The van der Waals surface area contributed by atoms with E-state index in [0.717, 1.165) is 36.0 Å². The van der Waals surface area contributed by atoms with E-state index in [0.29, 0.717) is 0 Å². The lowest BCUT2D eigenvalue weighted by molar-refractivity contribution is 0.234. The minimum absolute atomic E-state index is 0.119. The van der Waals surface area contributed by atoms with E-state index < -0.39 is 0 Å². The quantitative estimate of drug-likeness (QED) is 0.818. The van der Waals surface area contributed by atoms with Gasteiger partial charge in [0.05, 0.1) is 17.8 Å². The van der Waals surface area contributed by atoms with Crippen LogP contribution in [-0.2, 0) is 6.54 Å². The Labute approximate surface area is 112 Å². The van der Waals surface area contributed by atoms with Crippen LogP contribution in [0.2, 0.25) is 0 Å². The molecular weight excluding hydrogens is 240 g/mol.